The zero-order valence-electron chi connectivity index (χ0n) is 10.5. The third-order valence-electron chi connectivity index (χ3n) is 3.26. The molecular formula is C13H14N4O2. The maximum atomic E-state index is 11.4. The van der Waals surface area contributed by atoms with Crippen molar-refractivity contribution in [1.82, 2.24) is 15.5 Å². The summed E-state index contributed by atoms with van der Waals surface area (Å²) < 4.78 is 5.11. The average Bonchev–Trinajstić information content (AvgIpc) is 3.06. The van der Waals surface area contributed by atoms with Gasteiger partial charge >= 0.3 is 0 Å². The molecule has 1 aliphatic heterocycles. The number of anilines is 1. The Labute approximate surface area is 110 Å². The number of rotatable bonds is 3. The molecule has 2 N–H and O–H groups in total. The van der Waals surface area contributed by atoms with Crippen molar-refractivity contribution in [2.45, 2.75) is 12.3 Å². The summed E-state index contributed by atoms with van der Waals surface area (Å²) in [6.07, 6.45) is 0.633. The van der Waals surface area contributed by atoms with E-state index in [0.29, 0.717) is 18.2 Å². The summed E-state index contributed by atoms with van der Waals surface area (Å²) in [4.78, 5) is 15.5. The number of aromatic nitrogens is 2. The Kier molecular flexibility index (Phi) is 2.91. The minimum atomic E-state index is -0.333. The van der Waals surface area contributed by atoms with Crippen molar-refractivity contribution in [2.75, 3.05) is 18.9 Å². The molecule has 6 nitrogen and oxygen atoms in total. The van der Waals surface area contributed by atoms with Gasteiger partial charge in [0.2, 0.25) is 5.89 Å². The Morgan fingerprint density at radius 3 is 3.21 bits per heavy atom. The van der Waals surface area contributed by atoms with E-state index in [0.717, 1.165) is 12.2 Å². The smallest absolute Gasteiger partial charge is 0.292 e. The Morgan fingerprint density at radius 2 is 2.37 bits per heavy atom. The molecule has 0 saturated carbocycles. The minimum absolute atomic E-state index is 0.0803. The molecule has 2 heterocycles. The van der Waals surface area contributed by atoms with Crippen molar-refractivity contribution < 1.29 is 9.32 Å². The Morgan fingerprint density at radius 1 is 1.53 bits per heavy atom. The van der Waals surface area contributed by atoms with Crippen LogP contribution < -0.4 is 10.6 Å². The number of carbonyl (C=O) groups is 1. The van der Waals surface area contributed by atoms with Crippen LogP contribution in [0.4, 0.5) is 5.69 Å². The fourth-order valence-corrected chi connectivity index (χ4v) is 2.29. The molecule has 0 aliphatic carbocycles. The van der Waals surface area contributed by atoms with Crippen molar-refractivity contribution in [3.05, 3.63) is 41.5 Å². The predicted octanol–water partition coefficient (Wildman–Crippen LogP) is 1.18. The van der Waals surface area contributed by atoms with Crippen LogP contribution in [-0.4, -0.2) is 29.6 Å². The molecule has 0 spiro atoms. The van der Waals surface area contributed by atoms with Crippen LogP contribution in [0.2, 0.25) is 0 Å². The minimum Gasteiger partial charge on any atom is -0.384 e. The van der Waals surface area contributed by atoms with Gasteiger partial charge in [0.05, 0.1) is 0 Å². The van der Waals surface area contributed by atoms with Crippen LogP contribution in [0.15, 0.2) is 28.8 Å². The Hall–Kier alpha value is -2.37. The van der Waals surface area contributed by atoms with Crippen molar-refractivity contribution in [1.29, 1.82) is 0 Å². The standard InChI is InChI=1S/C13H14N4O2/c1-14-13(18)12-16-11(19-17-12)6-8-7-15-10-5-3-2-4-9(8)10/h2-5,8,15H,6-7H2,1H3,(H,14,18). The first kappa shape index (κ1) is 11.7. The number of hydrogen-bond acceptors (Lipinski definition) is 5. The number of carbonyl (C=O) groups excluding carboxylic acids is 1. The molecule has 1 amide bonds. The maximum absolute atomic E-state index is 11.4. The van der Waals surface area contributed by atoms with E-state index >= 15 is 0 Å². The van der Waals surface area contributed by atoms with E-state index in [1.54, 1.807) is 0 Å². The fraction of sp³-hybridized carbons (Fsp3) is 0.308. The third kappa shape index (κ3) is 2.16. The second-order valence-electron chi connectivity index (χ2n) is 4.46. The maximum Gasteiger partial charge on any atom is 0.292 e. The number of nitrogens with zero attached hydrogens (tertiary/aromatic N) is 2. The highest BCUT2D eigenvalue weighted by Crippen LogP contribution is 2.32. The second kappa shape index (κ2) is 4.72. The molecule has 19 heavy (non-hydrogen) atoms. The topological polar surface area (TPSA) is 80.0 Å². The number of fused-ring (bicyclic) bond motifs is 1. The van der Waals surface area contributed by atoms with Gasteiger partial charge in [0, 0.05) is 31.6 Å². The van der Waals surface area contributed by atoms with Crippen molar-refractivity contribution in [3.63, 3.8) is 0 Å². The van der Waals surface area contributed by atoms with E-state index in [1.165, 1.54) is 12.6 Å². The van der Waals surface area contributed by atoms with Gasteiger partial charge in [-0.3, -0.25) is 4.79 Å². The van der Waals surface area contributed by atoms with E-state index in [4.69, 9.17) is 4.52 Å². The van der Waals surface area contributed by atoms with E-state index in [-0.39, 0.29) is 11.7 Å². The van der Waals surface area contributed by atoms with E-state index in [1.807, 2.05) is 12.1 Å². The van der Waals surface area contributed by atoms with Crippen LogP contribution in [0, 0.1) is 0 Å². The van der Waals surface area contributed by atoms with Crippen molar-refractivity contribution in [3.8, 4) is 0 Å². The number of benzene rings is 1. The molecule has 0 radical (unpaired) electrons. The van der Waals surface area contributed by atoms with Crippen LogP contribution in [0.5, 0.6) is 0 Å². The number of hydrogen-bond donors (Lipinski definition) is 2. The fourth-order valence-electron chi connectivity index (χ4n) is 2.29. The third-order valence-corrected chi connectivity index (χ3v) is 3.26. The molecule has 6 heteroatoms. The summed E-state index contributed by atoms with van der Waals surface area (Å²) in [5, 5.41) is 9.48. The molecule has 0 fully saturated rings. The van der Waals surface area contributed by atoms with Crippen LogP contribution in [0.25, 0.3) is 0 Å². The first-order valence-corrected chi connectivity index (χ1v) is 6.15. The molecule has 1 aromatic carbocycles. The van der Waals surface area contributed by atoms with Gasteiger partial charge in [0.1, 0.15) is 0 Å². The molecule has 1 unspecified atom stereocenters. The van der Waals surface area contributed by atoms with Gasteiger partial charge in [-0.2, -0.15) is 4.98 Å². The molecule has 98 valence electrons. The lowest BCUT2D eigenvalue weighted by molar-refractivity contribution is 0.0950. The van der Waals surface area contributed by atoms with Gasteiger partial charge in [-0.1, -0.05) is 23.4 Å². The van der Waals surface area contributed by atoms with Crippen LogP contribution in [0.3, 0.4) is 0 Å². The zero-order chi connectivity index (χ0) is 13.2. The van der Waals surface area contributed by atoms with Gasteiger partial charge in [0.25, 0.3) is 11.7 Å². The first-order chi connectivity index (χ1) is 9.28. The van der Waals surface area contributed by atoms with E-state index in [9.17, 15) is 4.79 Å². The van der Waals surface area contributed by atoms with E-state index < -0.39 is 0 Å². The molecule has 2 aromatic rings. The molecular weight excluding hydrogens is 244 g/mol. The summed E-state index contributed by atoms with van der Waals surface area (Å²) in [5.74, 6) is 0.535. The van der Waals surface area contributed by atoms with Crippen molar-refractivity contribution >= 4 is 11.6 Å². The first-order valence-electron chi connectivity index (χ1n) is 6.15. The highest BCUT2D eigenvalue weighted by atomic mass is 16.5. The quantitative estimate of drug-likeness (QED) is 0.864. The van der Waals surface area contributed by atoms with Crippen LogP contribution in [-0.2, 0) is 6.42 Å². The van der Waals surface area contributed by atoms with Crippen LogP contribution in [0.1, 0.15) is 28.0 Å². The number of para-hydroxylation sites is 1. The molecule has 1 atom stereocenters. The normalized spacial score (nSPS) is 16.8. The summed E-state index contributed by atoms with van der Waals surface area (Å²) in [6, 6.07) is 8.17. The molecule has 3 rings (SSSR count). The molecule has 1 aliphatic rings. The van der Waals surface area contributed by atoms with Crippen molar-refractivity contribution in [2.24, 2.45) is 0 Å². The molecule has 0 bridgehead atoms. The van der Waals surface area contributed by atoms with Gasteiger partial charge < -0.3 is 15.2 Å². The SMILES string of the molecule is CNC(=O)c1noc(CC2CNc3ccccc32)n1. The second-order valence-corrected chi connectivity index (χ2v) is 4.46. The monoisotopic (exact) mass is 258 g/mol. The van der Waals surface area contributed by atoms with Gasteiger partial charge in [-0.05, 0) is 11.6 Å². The Balaban J connectivity index is 1.76. The average molecular weight is 258 g/mol. The van der Waals surface area contributed by atoms with Gasteiger partial charge in [-0.15, -0.1) is 0 Å². The summed E-state index contributed by atoms with van der Waals surface area (Å²) in [7, 11) is 1.54. The summed E-state index contributed by atoms with van der Waals surface area (Å²) in [5.41, 5.74) is 2.40. The number of nitrogens with one attached hydrogen (secondary N) is 2. The van der Waals surface area contributed by atoms with Gasteiger partial charge in [-0.25, -0.2) is 0 Å². The predicted molar refractivity (Wildman–Crippen MR) is 69.1 cm³/mol. The zero-order valence-corrected chi connectivity index (χ0v) is 10.5. The largest absolute Gasteiger partial charge is 0.384 e. The molecule has 1 aromatic heterocycles. The lowest BCUT2D eigenvalue weighted by Gasteiger charge is -2.05. The lowest BCUT2D eigenvalue weighted by Crippen LogP contribution is -2.19. The summed E-state index contributed by atoms with van der Waals surface area (Å²) in [6.45, 7) is 0.844. The Bertz CT molecular complexity index is 608. The summed E-state index contributed by atoms with van der Waals surface area (Å²) >= 11 is 0. The molecule has 0 saturated heterocycles. The van der Waals surface area contributed by atoms with E-state index in [2.05, 4.69) is 32.9 Å². The van der Waals surface area contributed by atoms with Gasteiger partial charge in [0.15, 0.2) is 0 Å². The lowest BCUT2D eigenvalue weighted by atomic mass is 9.98. The highest BCUT2D eigenvalue weighted by Gasteiger charge is 2.24. The number of amides is 1. The highest BCUT2D eigenvalue weighted by molar-refractivity contribution is 5.89. The van der Waals surface area contributed by atoms with Crippen LogP contribution >= 0.6 is 0 Å².